The Labute approximate surface area is 299 Å². The van der Waals surface area contributed by atoms with Crippen LogP contribution in [0.1, 0.15) is 48.9 Å². The van der Waals surface area contributed by atoms with Crippen molar-refractivity contribution in [3.05, 3.63) is 174 Å². The number of hydrazine groups is 1. The largest absolute Gasteiger partial charge is 0.463 e. The second kappa shape index (κ2) is 15.4. The molecule has 1 aliphatic rings. The molecule has 0 radical (unpaired) electrons. The van der Waals surface area contributed by atoms with Crippen LogP contribution in [-0.2, 0) is 21.5 Å². The van der Waals surface area contributed by atoms with Crippen LogP contribution in [0, 0.1) is 0 Å². The second-order valence-electron chi connectivity index (χ2n) is 12.7. The Morgan fingerprint density at radius 1 is 0.745 bits per heavy atom. The minimum absolute atomic E-state index is 0.105. The molecule has 0 spiro atoms. The molecule has 0 fully saturated rings. The third-order valence-electron chi connectivity index (χ3n) is 9.54. The fourth-order valence-electron chi connectivity index (χ4n) is 7.01. The average Bonchev–Trinajstić information content (AvgIpc) is 3.84. The van der Waals surface area contributed by atoms with Crippen molar-refractivity contribution in [2.24, 2.45) is 0 Å². The molecule has 8 nitrogen and oxygen atoms in total. The highest BCUT2D eigenvalue weighted by atomic mass is 16.5. The smallest absolute Gasteiger partial charge is 0.337 e. The molecule has 8 heteroatoms. The van der Waals surface area contributed by atoms with E-state index in [0.717, 1.165) is 58.3 Å². The average molecular weight is 675 g/mol. The first kappa shape index (κ1) is 33.6. The highest BCUT2D eigenvalue weighted by Gasteiger charge is 2.41. The number of nitrogens with zero attached hydrogens (tertiary/aromatic N) is 5. The third kappa shape index (κ3) is 6.70. The summed E-state index contributed by atoms with van der Waals surface area (Å²) < 4.78 is 5.38. The number of unbranched alkanes of at least 4 members (excludes halogenated alkanes) is 1. The summed E-state index contributed by atoms with van der Waals surface area (Å²) >= 11 is 0. The van der Waals surface area contributed by atoms with E-state index >= 15 is 0 Å². The molecule has 0 bridgehead atoms. The quantitative estimate of drug-likeness (QED) is 0.0988. The number of hydrogen-bond donors (Lipinski definition) is 1. The number of benzene rings is 5. The van der Waals surface area contributed by atoms with Gasteiger partial charge in [0, 0.05) is 18.3 Å². The van der Waals surface area contributed by atoms with Gasteiger partial charge in [0.15, 0.2) is 5.54 Å². The van der Waals surface area contributed by atoms with Gasteiger partial charge in [-0.3, -0.25) is 0 Å². The molecule has 256 valence electrons. The first-order chi connectivity index (χ1) is 25.1. The van der Waals surface area contributed by atoms with Crippen LogP contribution in [0.2, 0.25) is 0 Å². The van der Waals surface area contributed by atoms with Crippen molar-refractivity contribution in [1.29, 1.82) is 0 Å². The second-order valence-corrected chi connectivity index (χ2v) is 12.7. The number of rotatable bonds is 13. The summed E-state index contributed by atoms with van der Waals surface area (Å²) in [6, 6.07) is 47.7. The third-order valence-corrected chi connectivity index (χ3v) is 9.54. The number of carbonyl (C=O) groups excluding carboxylic acids is 1. The SMILES string of the molecule is CCCCN1NC=C(C(=O)OCC)C1Cc1ccc(-c2ccccc2-c2nnn(C(c3ccccc3)(c3ccccc3)c3ccccc3)n2)cc1. The Kier molecular flexibility index (Phi) is 10.1. The fraction of sp³-hybridized carbons (Fsp3) is 0.209. The summed E-state index contributed by atoms with van der Waals surface area (Å²) in [7, 11) is 0. The number of aromatic nitrogens is 4. The van der Waals surface area contributed by atoms with Crippen LogP contribution >= 0.6 is 0 Å². The van der Waals surface area contributed by atoms with E-state index in [1.165, 1.54) is 0 Å². The first-order valence-electron chi connectivity index (χ1n) is 17.7. The monoisotopic (exact) mass is 674 g/mol. The first-order valence-corrected chi connectivity index (χ1v) is 17.7. The molecule has 0 saturated carbocycles. The standard InChI is InChI=1S/C43H42N6O2/c1-3-5-29-48-40(39(31-44-48)42(50)51-4-2)30-32-25-27-33(28-26-32)37-23-15-16-24-38(37)41-45-47-49(46-41)43(34-17-9-6-10-18-34,35-19-11-7-12-20-35)36-21-13-8-14-22-36/h6-28,31,40,44H,3-5,29-30H2,1-2H3. The lowest BCUT2D eigenvalue weighted by atomic mass is 9.77. The molecule has 7 rings (SSSR count). The molecule has 1 aromatic heterocycles. The van der Waals surface area contributed by atoms with Crippen LogP contribution < -0.4 is 5.43 Å². The van der Waals surface area contributed by atoms with Crippen LogP contribution in [0.4, 0.5) is 0 Å². The van der Waals surface area contributed by atoms with E-state index < -0.39 is 5.54 Å². The molecule has 0 saturated heterocycles. The van der Waals surface area contributed by atoms with Gasteiger partial charge >= 0.3 is 5.97 Å². The van der Waals surface area contributed by atoms with Crippen LogP contribution in [0.5, 0.6) is 0 Å². The summed E-state index contributed by atoms with van der Waals surface area (Å²) in [5.74, 6) is 0.269. The van der Waals surface area contributed by atoms with Gasteiger partial charge in [-0.1, -0.05) is 153 Å². The van der Waals surface area contributed by atoms with Gasteiger partial charge in [-0.15, -0.1) is 15.0 Å². The van der Waals surface area contributed by atoms with E-state index in [-0.39, 0.29) is 12.0 Å². The number of carbonyl (C=O) groups is 1. The van der Waals surface area contributed by atoms with Gasteiger partial charge in [0.2, 0.25) is 5.82 Å². The van der Waals surface area contributed by atoms with Gasteiger partial charge in [0.1, 0.15) is 0 Å². The summed E-state index contributed by atoms with van der Waals surface area (Å²) in [6.45, 7) is 5.20. The summed E-state index contributed by atoms with van der Waals surface area (Å²) in [6.07, 6.45) is 4.58. The Morgan fingerprint density at radius 3 is 1.88 bits per heavy atom. The van der Waals surface area contributed by atoms with Gasteiger partial charge in [-0.05, 0) is 58.4 Å². The van der Waals surface area contributed by atoms with Crippen LogP contribution in [-0.4, -0.2) is 50.4 Å². The van der Waals surface area contributed by atoms with E-state index in [1.807, 2.05) is 79.7 Å². The maximum absolute atomic E-state index is 12.8. The zero-order valence-corrected chi connectivity index (χ0v) is 29.0. The Hall–Kier alpha value is -5.86. The highest BCUT2D eigenvalue weighted by molar-refractivity contribution is 5.90. The molecule has 6 aromatic rings. The highest BCUT2D eigenvalue weighted by Crippen LogP contribution is 2.40. The van der Waals surface area contributed by atoms with E-state index in [9.17, 15) is 4.79 Å². The zero-order valence-electron chi connectivity index (χ0n) is 29.0. The van der Waals surface area contributed by atoms with Crippen LogP contribution in [0.3, 0.4) is 0 Å². The predicted molar refractivity (Wildman–Crippen MR) is 200 cm³/mol. The zero-order chi connectivity index (χ0) is 35.0. The van der Waals surface area contributed by atoms with E-state index in [0.29, 0.717) is 24.4 Å². The Balaban J connectivity index is 1.24. The molecular formula is C43H42N6O2. The fourth-order valence-corrected chi connectivity index (χ4v) is 7.01. The van der Waals surface area contributed by atoms with Gasteiger partial charge in [-0.25, -0.2) is 9.80 Å². The van der Waals surface area contributed by atoms with Crippen molar-refractivity contribution in [1.82, 2.24) is 30.6 Å². The summed E-state index contributed by atoms with van der Waals surface area (Å²) in [4.78, 5) is 14.6. The van der Waals surface area contributed by atoms with Crippen molar-refractivity contribution in [3.8, 4) is 22.5 Å². The molecule has 0 amide bonds. The number of ether oxygens (including phenoxy) is 1. The minimum atomic E-state index is -0.859. The topological polar surface area (TPSA) is 85.2 Å². The number of nitrogens with one attached hydrogen (secondary N) is 1. The minimum Gasteiger partial charge on any atom is -0.463 e. The maximum Gasteiger partial charge on any atom is 0.337 e. The van der Waals surface area contributed by atoms with E-state index in [1.54, 1.807) is 11.0 Å². The molecule has 5 aromatic carbocycles. The maximum atomic E-state index is 12.8. The van der Waals surface area contributed by atoms with Crippen molar-refractivity contribution < 1.29 is 9.53 Å². The van der Waals surface area contributed by atoms with Gasteiger partial charge < -0.3 is 10.2 Å². The molecule has 1 atom stereocenters. The number of tetrazole rings is 1. The molecule has 1 aliphatic heterocycles. The van der Waals surface area contributed by atoms with Gasteiger partial charge in [-0.2, -0.15) is 0 Å². The summed E-state index contributed by atoms with van der Waals surface area (Å²) in [5.41, 5.74) is 10.3. The Morgan fingerprint density at radius 2 is 1.31 bits per heavy atom. The molecule has 2 heterocycles. The lowest BCUT2D eigenvalue weighted by Crippen LogP contribution is -2.41. The van der Waals surface area contributed by atoms with E-state index in [2.05, 4.69) is 84.1 Å². The van der Waals surface area contributed by atoms with Crippen molar-refractivity contribution >= 4 is 5.97 Å². The molecule has 1 N–H and O–H groups in total. The normalized spacial score (nSPS) is 14.5. The van der Waals surface area contributed by atoms with Crippen molar-refractivity contribution in [2.45, 2.75) is 44.7 Å². The van der Waals surface area contributed by atoms with Gasteiger partial charge in [0.05, 0.1) is 18.2 Å². The van der Waals surface area contributed by atoms with E-state index in [4.69, 9.17) is 20.1 Å². The predicted octanol–water partition coefficient (Wildman–Crippen LogP) is 7.83. The summed E-state index contributed by atoms with van der Waals surface area (Å²) in [5, 5.41) is 16.8. The van der Waals surface area contributed by atoms with Gasteiger partial charge in [0.25, 0.3) is 0 Å². The lowest BCUT2D eigenvalue weighted by molar-refractivity contribution is -0.139. The molecule has 1 unspecified atom stereocenters. The van der Waals surface area contributed by atoms with Crippen LogP contribution in [0.15, 0.2) is 151 Å². The number of esters is 1. The number of hydrogen-bond acceptors (Lipinski definition) is 7. The molecule has 51 heavy (non-hydrogen) atoms. The molecule has 0 aliphatic carbocycles. The lowest BCUT2D eigenvalue weighted by Gasteiger charge is -2.34. The van der Waals surface area contributed by atoms with Crippen molar-refractivity contribution in [3.63, 3.8) is 0 Å². The Bertz CT molecular complexity index is 1980. The molecular weight excluding hydrogens is 633 g/mol. The van der Waals surface area contributed by atoms with Crippen LogP contribution in [0.25, 0.3) is 22.5 Å². The van der Waals surface area contributed by atoms with Crippen molar-refractivity contribution in [2.75, 3.05) is 13.2 Å².